The minimum atomic E-state index is -0.917. The Labute approximate surface area is 96.0 Å². The number of hydrogen-bond donors (Lipinski definition) is 2. The third-order valence-corrected chi connectivity index (χ3v) is 2.50. The van der Waals surface area contributed by atoms with Gasteiger partial charge in [-0.2, -0.15) is 5.23 Å². The molecule has 1 atom stereocenters. The predicted molar refractivity (Wildman–Crippen MR) is 61.1 cm³/mol. The van der Waals surface area contributed by atoms with Crippen LogP contribution in [0.4, 0.5) is 5.69 Å². The highest BCUT2D eigenvalue weighted by Gasteiger charge is 1.97. The number of hydrogen-bond acceptors (Lipinski definition) is 5. The Bertz CT molecular complexity index is 465. The summed E-state index contributed by atoms with van der Waals surface area (Å²) in [6, 6.07) is 6.64. The average molecular weight is 235 g/mol. The number of aromatic nitrogens is 2. The van der Waals surface area contributed by atoms with E-state index in [-0.39, 0.29) is 5.69 Å². The minimum absolute atomic E-state index is 0.285. The van der Waals surface area contributed by atoms with E-state index in [1.165, 1.54) is 11.5 Å². The lowest BCUT2D eigenvalue weighted by Gasteiger charge is -2.10. The Balaban J connectivity index is 2.11. The van der Waals surface area contributed by atoms with Crippen LogP contribution in [-0.2, 0) is 0 Å². The van der Waals surface area contributed by atoms with Gasteiger partial charge in [0.05, 0.1) is 5.69 Å². The molecule has 0 amide bonds. The summed E-state index contributed by atoms with van der Waals surface area (Å²) in [5.74, 6) is 0. The number of benzene rings is 1. The Morgan fingerprint density at radius 1 is 1.25 bits per heavy atom. The van der Waals surface area contributed by atoms with Gasteiger partial charge in [-0.1, -0.05) is 10.6 Å². The van der Waals surface area contributed by atoms with Crippen molar-refractivity contribution >= 4 is 29.4 Å². The fourth-order valence-electron chi connectivity index (χ4n) is 1.16. The van der Waals surface area contributed by atoms with Gasteiger partial charge in [-0.3, -0.25) is 0 Å². The number of nitrogens with one attached hydrogen (secondary N) is 1. The van der Waals surface area contributed by atoms with Crippen LogP contribution in [0.3, 0.4) is 0 Å². The Hall–Kier alpha value is -1.60. The van der Waals surface area contributed by atoms with Gasteiger partial charge in [-0.05, 0) is 35.3 Å². The third kappa shape index (κ3) is 2.71. The van der Waals surface area contributed by atoms with Crippen molar-refractivity contribution < 1.29 is 10.4 Å². The molecule has 0 aliphatic heterocycles. The molecule has 2 aromatic rings. The summed E-state index contributed by atoms with van der Waals surface area (Å²) in [5, 5.41) is 24.1. The highest BCUT2D eigenvalue weighted by atomic mass is 32.1. The van der Waals surface area contributed by atoms with Crippen molar-refractivity contribution in [2.45, 2.75) is 0 Å². The van der Waals surface area contributed by atoms with Crippen LogP contribution in [0.25, 0.3) is 12.2 Å². The first-order valence-electron chi connectivity index (χ1n) is 4.54. The van der Waals surface area contributed by atoms with E-state index in [4.69, 9.17) is 5.21 Å². The van der Waals surface area contributed by atoms with E-state index >= 15 is 0 Å². The predicted octanol–water partition coefficient (Wildman–Crippen LogP) is 1.11. The fourth-order valence-corrected chi connectivity index (χ4v) is 1.59. The molecule has 0 spiro atoms. The van der Waals surface area contributed by atoms with Gasteiger partial charge in [-0.25, -0.2) is 5.21 Å². The van der Waals surface area contributed by atoms with Gasteiger partial charge in [0, 0.05) is 17.5 Å². The van der Waals surface area contributed by atoms with Crippen LogP contribution in [0.5, 0.6) is 0 Å². The molecule has 16 heavy (non-hydrogen) atoms. The molecule has 2 N–H and O–H groups in total. The summed E-state index contributed by atoms with van der Waals surface area (Å²) in [4.78, 5) is 0. The second-order valence-corrected chi connectivity index (χ2v) is 3.70. The standard InChI is InChI=1S/C10H9N3O2S/c14-13(15)10-5-2-8(3-6-10)1-4-9-7-16-12-11-9/h1-7,13-14H/b4-1+. The van der Waals surface area contributed by atoms with E-state index in [0.717, 1.165) is 11.3 Å². The zero-order chi connectivity index (χ0) is 11.4. The van der Waals surface area contributed by atoms with Crippen molar-refractivity contribution in [1.82, 2.24) is 9.59 Å². The number of nitrogens with zero attached hydrogens (tertiary/aromatic N) is 2. The summed E-state index contributed by atoms with van der Waals surface area (Å²) in [5.41, 5.74) is 2.01. The van der Waals surface area contributed by atoms with Gasteiger partial charge < -0.3 is 5.21 Å². The van der Waals surface area contributed by atoms with Crippen LogP contribution in [0.2, 0.25) is 0 Å². The Morgan fingerprint density at radius 3 is 2.56 bits per heavy atom. The minimum Gasteiger partial charge on any atom is -0.595 e. The molecule has 2 rings (SSSR count). The first-order valence-corrected chi connectivity index (χ1v) is 5.38. The van der Waals surface area contributed by atoms with Crippen molar-refractivity contribution in [2.75, 3.05) is 0 Å². The average Bonchev–Trinajstić information content (AvgIpc) is 2.80. The van der Waals surface area contributed by atoms with Crippen LogP contribution in [-0.4, -0.2) is 14.8 Å². The van der Waals surface area contributed by atoms with Crippen molar-refractivity contribution in [3.8, 4) is 0 Å². The lowest BCUT2D eigenvalue weighted by atomic mass is 10.2. The van der Waals surface area contributed by atoms with Gasteiger partial charge in [0.2, 0.25) is 0 Å². The molecule has 0 bridgehead atoms. The van der Waals surface area contributed by atoms with Crippen LogP contribution in [0.15, 0.2) is 29.6 Å². The van der Waals surface area contributed by atoms with Gasteiger partial charge in [0.15, 0.2) is 5.69 Å². The molecule has 5 nitrogen and oxygen atoms in total. The molecule has 1 unspecified atom stereocenters. The smallest absolute Gasteiger partial charge is 0.163 e. The van der Waals surface area contributed by atoms with Crippen molar-refractivity contribution in [3.63, 3.8) is 0 Å². The topological polar surface area (TPSA) is 73.5 Å². The molecule has 1 heterocycles. The molecule has 0 aliphatic rings. The molecular formula is C10H9N3O2S. The monoisotopic (exact) mass is 235 g/mol. The second-order valence-electron chi connectivity index (χ2n) is 3.09. The lowest BCUT2D eigenvalue weighted by molar-refractivity contribution is -0.991. The van der Waals surface area contributed by atoms with Crippen LogP contribution < -0.4 is 5.23 Å². The summed E-state index contributed by atoms with van der Waals surface area (Å²) >= 11 is 1.29. The Kier molecular flexibility index (Phi) is 3.37. The summed E-state index contributed by atoms with van der Waals surface area (Å²) in [6.45, 7) is 0. The van der Waals surface area contributed by atoms with Crippen LogP contribution >= 0.6 is 11.5 Å². The molecule has 0 saturated heterocycles. The first kappa shape index (κ1) is 10.9. The first-order chi connectivity index (χ1) is 7.75. The van der Waals surface area contributed by atoms with E-state index in [9.17, 15) is 5.21 Å². The normalized spacial score (nSPS) is 13.1. The number of rotatable bonds is 3. The molecule has 0 aliphatic carbocycles. The summed E-state index contributed by atoms with van der Waals surface area (Å²) in [6.07, 6.45) is 3.70. The SMILES string of the molecule is [O-][NH+](O)c1ccc(/C=C/c2csnn2)cc1. The van der Waals surface area contributed by atoms with Crippen molar-refractivity contribution in [1.29, 1.82) is 0 Å². The van der Waals surface area contributed by atoms with E-state index in [0.29, 0.717) is 0 Å². The maximum atomic E-state index is 10.6. The van der Waals surface area contributed by atoms with Gasteiger partial charge in [0.25, 0.3) is 0 Å². The second kappa shape index (κ2) is 4.95. The zero-order valence-electron chi connectivity index (χ0n) is 8.20. The van der Waals surface area contributed by atoms with Crippen molar-refractivity contribution in [3.05, 3.63) is 46.1 Å². The van der Waals surface area contributed by atoms with Crippen molar-refractivity contribution in [2.24, 2.45) is 0 Å². The molecule has 6 heteroatoms. The maximum absolute atomic E-state index is 10.6. The molecule has 1 aromatic carbocycles. The lowest BCUT2D eigenvalue weighted by Crippen LogP contribution is -2.99. The molecule has 0 fully saturated rings. The van der Waals surface area contributed by atoms with Crippen LogP contribution in [0.1, 0.15) is 11.3 Å². The van der Waals surface area contributed by atoms with E-state index in [1.54, 1.807) is 24.3 Å². The van der Waals surface area contributed by atoms with Crippen LogP contribution in [0, 0.1) is 5.21 Å². The quantitative estimate of drug-likeness (QED) is 0.782. The summed E-state index contributed by atoms with van der Waals surface area (Å²) < 4.78 is 3.73. The Morgan fingerprint density at radius 2 is 2.00 bits per heavy atom. The maximum Gasteiger partial charge on any atom is 0.163 e. The fraction of sp³-hybridized carbons (Fsp3) is 0. The molecular weight excluding hydrogens is 226 g/mol. The van der Waals surface area contributed by atoms with Gasteiger partial charge >= 0.3 is 0 Å². The summed E-state index contributed by atoms with van der Waals surface area (Å²) in [7, 11) is 0. The van der Waals surface area contributed by atoms with Gasteiger partial charge in [-0.15, -0.1) is 5.10 Å². The highest BCUT2D eigenvalue weighted by molar-refractivity contribution is 7.03. The van der Waals surface area contributed by atoms with E-state index in [2.05, 4.69) is 9.59 Å². The van der Waals surface area contributed by atoms with Gasteiger partial charge in [0.1, 0.15) is 0 Å². The van der Waals surface area contributed by atoms with E-state index < -0.39 is 5.23 Å². The highest BCUT2D eigenvalue weighted by Crippen LogP contribution is 2.09. The molecule has 82 valence electrons. The largest absolute Gasteiger partial charge is 0.595 e. The molecule has 0 radical (unpaired) electrons. The molecule has 0 saturated carbocycles. The van der Waals surface area contributed by atoms with E-state index in [1.807, 2.05) is 17.5 Å². The third-order valence-electron chi connectivity index (χ3n) is 1.98. The zero-order valence-corrected chi connectivity index (χ0v) is 9.02. The number of quaternary nitrogens is 1. The molecule has 1 aromatic heterocycles.